The SMILES string of the molecule is CC1NC=CN1CCc1ccc(-c2ccccc2)cc1Cl. The van der Waals surface area contributed by atoms with E-state index in [9.17, 15) is 0 Å². The molecule has 1 unspecified atom stereocenters. The van der Waals surface area contributed by atoms with E-state index in [4.69, 9.17) is 11.6 Å². The average molecular weight is 299 g/mol. The summed E-state index contributed by atoms with van der Waals surface area (Å²) in [4.78, 5) is 2.28. The molecule has 1 atom stereocenters. The molecular formula is C18H19ClN2. The quantitative estimate of drug-likeness (QED) is 0.907. The Morgan fingerprint density at radius 2 is 1.90 bits per heavy atom. The summed E-state index contributed by atoms with van der Waals surface area (Å²) >= 11 is 6.45. The van der Waals surface area contributed by atoms with E-state index in [1.165, 1.54) is 16.7 Å². The molecule has 0 bridgehead atoms. The van der Waals surface area contributed by atoms with Crippen molar-refractivity contribution in [3.05, 3.63) is 71.5 Å². The van der Waals surface area contributed by atoms with E-state index in [1.807, 2.05) is 24.4 Å². The van der Waals surface area contributed by atoms with Crippen LogP contribution in [0, 0.1) is 0 Å². The monoisotopic (exact) mass is 298 g/mol. The third kappa shape index (κ3) is 3.22. The van der Waals surface area contributed by atoms with E-state index in [-0.39, 0.29) is 0 Å². The summed E-state index contributed by atoms with van der Waals surface area (Å²) in [6.45, 7) is 3.12. The summed E-state index contributed by atoms with van der Waals surface area (Å²) in [5.41, 5.74) is 3.57. The van der Waals surface area contributed by atoms with Crippen molar-refractivity contribution < 1.29 is 0 Å². The molecule has 0 saturated heterocycles. The van der Waals surface area contributed by atoms with Crippen LogP contribution in [0.15, 0.2) is 60.9 Å². The summed E-state index contributed by atoms with van der Waals surface area (Å²) in [6, 6.07) is 16.7. The summed E-state index contributed by atoms with van der Waals surface area (Å²) in [5.74, 6) is 0. The van der Waals surface area contributed by atoms with E-state index < -0.39 is 0 Å². The first-order valence-electron chi connectivity index (χ1n) is 7.26. The van der Waals surface area contributed by atoms with Crippen molar-refractivity contribution in [2.75, 3.05) is 6.54 Å². The topological polar surface area (TPSA) is 15.3 Å². The molecule has 0 fully saturated rings. The van der Waals surface area contributed by atoms with Crippen molar-refractivity contribution in [2.24, 2.45) is 0 Å². The van der Waals surface area contributed by atoms with Crippen LogP contribution < -0.4 is 5.32 Å². The maximum Gasteiger partial charge on any atom is 0.0952 e. The second kappa shape index (κ2) is 6.23. The van der Waals surface area contributed by atoms with Gasteiger partial charge in [-0.2, -0.15) is 0 Å². The first-order chi connectivity index (χ1) is 10.2. The minimum absolute atomic E-state index is 0.368. The molecule has 0 radical (unpaired) electrons. The Morgan fingerprint density at radius 3 is 2.57 bits per heavy atom. The zero-order chi connectivity index (χ0) is 14.7. The van der Waals surface area contributed by atoms with Crippen molar-refractivity contribution in [3.8, 4) is 11.1 Å². The summed E-state index contributed by atoms with van der Waals surface area (Å²) < 4.78 is 0. The van der Waals surface area contributed by atoms with Crippen molar-refractivity contribution in [1.82, 2.24) is 10.2 Å². The zero-order valence-electron chi connectivity index (χ0n) is 12.1. The first kappa shape index (κ1) is 14.0. The summed E-state index contributed by atoms with van der Waals surface area (Å²) in [7, 11) is 0. The maximum atomic E-state index is 6.45. The standard InChI is InChI=1S/C18H19ClN2/c1-14-20-10-12-21(14)11-9-16-7-8-17(13-18(16)19)15-5-3-2-4-6-15/h2-8,10,12-14,20H,9,11H2,1H3. The van der Waals surface area contributed by atoms with Gasteiger partial charge < -0.3 is 10.2 Å². The van der Waals surface area contributed by atoms with Gasteiger partial charge in [0.1, 0.15) is 0 Å². The molecule has 0 spiro atoms. The number of hydrogen-bond acceptors (Lipinski definition) is 2. The molecule has 0 aromatic heterocycles. The molecule has 0 amide bonds. The third-order valence-electron chi connectivity index (χ3n) is 3.90. The van der Waals surface area contributed by atoms with Crippen molar-refractivity contribution >= 4 is 11.6 Å². The van der Waals surface area contributed by atoms with E-state index in [1.54, 1.807) is 0 Å². The van der Waals surface area contributed by atoms with Gasteiger partial charge >= 0.3 is 0 Å². The van der Waals surface area contributed by atoms with Crippen molar-refractivity contribution in [2.45, 2.75) is 19.5 Å². The second-order valence-electron chi connectivity index (χ2n) is 5.32. The Bertz CT molecular complexity index is 637. The van der Waals surface area contributed by atoms with Gasteiger partial charge in [-0.15, -0.1) is 0 Å². The van der Waals surface area contributed by atoms with Crippen LogP contribution in [0.1, 0.15) is 12.5 Å². The Kier molecular flexibility index (Phi) is 4.16. The molecule has 1 heterocycles. The van der Waals surface area contributed by atoms with E-state index in [0.717, 1.165) is 18.0 Å². The highest BCUT2D eigenvalue weighted by Crippen LogP contribution is 2.26. The minimum atomic E-state index is 0.368. The van der Waals surface area contributed by atoms with Gasteiger partial charge in [-0.05, 0) is 36.1 Å². The number of nitrogens with one attached hydrogen (secondary N) is 1. The largest absolute Gasteiger partial charge is 0.370 e. The van der Waals surface area contributed by atoms with Crippen molar-refractivity contribution in [1.29, 1.82) is 0 Å². The number of nitrogens with zero attached hydrogens (tertiary/aromatic N) is 1. The molecule has 1 N–H and O–H groups in total. The van der Waals surface area contributed by atoms with Crippen LogP contribution in [0.2, 0.25) is 5.02 Å². The van der Waals surface area contributed by atoms with E-state index >= 15 is 0 Å². The Balaban J connectivity index is 1.71. The van der Waals surface area contributed by atoms with Gasteiger partial charge in [0.25, 0.3) is 0 Å². The van der Waals surface area contributed by atoms with Gasteiger partial charge in [-0.1, -0.05) is 54.1 Å². The van der Waals surface area contributed by atoms with Gasteiger partial charge in [0.2, 0.25) is 0 Å². The molecule has 21 heavy (non-hydrogen) atoms. The van der Waals surface area contributed by atoms with Crippen LogP contribution >= 0.6 is 11.6 Å². The van der Waals surface area contributed by atoms with Crippen molar-refractivity contribution in [3.63, 3.8) is 0 Å². The van der Waals surface area contributed by atoms with Gasteiger partial charge in [-0.25, -0.2) is 0 Å². The van der Waals surface area contributed by atoms with E-state index in [0.29, 0.717) is 6.17 Å². The van der Waals surface area contributed by atoms with E-state index in [2.05, 4.69) is 53.7 Å². The Morgan fingerprint density at radius 1 is 1.10 bits per heavy atom. The first-order valence-corrected chi connectivity index (χ1v) is 7.64. The lowest BCUT2D eigenvalue weighted by Gasteiger charge is -2.22. The maximum absolute atomic E-state index is 6.45. The third-order valence-corrected chi connectivity index (χ3v) is 4.25. The van der Waals surface area contributed by atoms with Crippen LogP contribution in [0.25, 0.3) is 11.1 Å². The summed E-state index contributed by atoms with van der Waals surface area (Å²) in [6.07, 6.45) is 5.40. The molecular weight excluding hydrogens is 280 g/mol. The van der Waals surface area contributed by atoms with Gasteiger partial charge in [0.15, 0.2) is 0 Å². The Labute approximate surface area is 131 Å². The van der Waals surface area contributed by atoms with Crippen LogP contribution in [-0.4, -0.2) is 17.6 Å². The highest BCUT2D eigenvalue weighted by Gasteiger charge is 2.13. The number of halogens is 1. The molecule has 2 aromatic rings. The molecule has 108 valence electrons. The fourth-order valence-corrected chi connectivity index (χ4v) is 2.86. The van der Waals surface area contributed by atoms with Gasteiger partial charge in [-0.3, -0.25) is 0 Å². The number of hydrogen-bond donors (Lipinski definition) is 1. The van der Waals surface area contributed by atoms with Crippen LogP contribution in [0.4, 0.5) is 0 Å². The van der Waals surface area contributed by atoms with Gasteiger partial charge in [0, 0.05) is 24.0 Å². The summed E-state index contributed by atoms with van der Waals surface area (Å²) in [5, 5.41) is 4.11. The molecule has 3 rings (SSSR count). The van der Waals surface area contributed by atoms with Crippen LogP contribution in [0.5, 0.6) is 0 Å². The Hall–Kier alpha value is -1.93. The normalized spacial score (nSPS) is 17.0. The number of rotatable bonds is 4. The fourth-order valence-electron chi connectivity index (χ4n) is 2.58. The highest BCUT2D eigenvalue weighted by molar-refractivity contribution is 6.31. The number of benzene rings is 2. The van der Waals surface area contributed by atoms with Crippen LogP contribution in [0.3, 0.4) is 0 Å². The average Bonchev–Trinajstić information content (AvgIpc) is 2.92. The predicted molar refractivity (Wildman–Crippen MR) is 89.0 cm³/mol. The fraction of sp³-hybridized carbons (Fsp3) is 0.222. The molecule has 1 aliphatic heterocycles. The highest BCUT2D eigenvalue weighted by atomic mass is 35.5. The zero-order valence-corrected chi connectivity index (χ0v) is 12.8. The second-order valence-corrected chi connectivity index (χ2v) is 5.73. The van der Waals surface area contributed by atoms with Gasteiger partial charge in [0.05, 0.1) is 6.17 Å². The molecule has 3 heteroatoms. The molecule has 0 aliphatic carbocycles. The lowest BCUT2D eigenvalue weighted by molar-refractivity contribution is 0.301. The smallest absolute Gasteiger partial charge is 0.0952 e. The minimum Gasteiger partial charge on any atom is -0.370 e. The molecule has 1 aliphatic rings. The predicted octanol–water partition coefficient (Wildman–Crippen LogP) is 4.27. The molecule has 0 saturated carbocycles. The van der Waals surface area contributed by atoms with Crippen LogP contribution in [-0.2, 0) is 6.42 Å². The molecule has 2 aromatic carbocycles. The molecule has 2 nitrogen and oxygen atoms in total. The lowest BCUT2D eigenvalue weighted by Crippen LogP contribution is -2.33. The lowest BCUT2D eigenvalue weighted by atomic mass is 10.0.